The van der Waals surface area contributed by atoms with Gasteiger partial charge in [0, 0.05) is 25.2 Å². The zero-order valence-electron chi connectivity index (χ0n) is 11.7. The summed E-state index contributed by atoms with van der Waals surface area (Å²) in [7, 11) is -3.10. The molecule has 1 heterocycles. The second-order valence-corrected chi connectivity index (χ2v) is 8.09. The minimum absolute atomic E-state index is 0.119. The number of hydrogen-bond donors (Lipinski definition) is 1. The summed E-state index contributed by atoms with van der Waals surface area (Å²) in [5, 5.41) is 0. The van der Waals surface area contributed by atoms with E-state index in [0.717, 1.165) is 13.1 Å². The zero-order valence-corrected chi connectivity index (χ0v) is 12.5. The lowest BCUT2D eigenvalue weighted by molar-refractivity contribution is 0.0489. The average Bonchev–Trinajstić information content (AvgIpc) is 2.12. The van der Waals surface area contributed by atoms with Crippen LogP contribution < -0.4 is 4.72 Å². The summed E-state index contributed by atoms with van der Waals surface area (Å²) in [5.74, 6) is 1.38. The van der Waals surface area contributed by atoms with Crippen LogP contribution in [0.15, 0.2) is 0 Å². The number of hydrogen-bond acceptors (Lipinski definition) is 3. The molecule has 1 rings (SSSR count). The smallest absolute Gasteiger partial charge is 0.208 e. The van der Waals surface area contributed by atoms with E-state index in [0.29, 0.717) is 18.4 Å². The van der Waals surface area contributed by atoms with Gasteiger partial charge in [0.2, 0.25) is 10.0 Å². The number of rotatable bonds is 4. The summed E-state index contributed by atoms with van der Waals surface area (Å²) in [6.45, 7) is 11.3. The molecule has 1 aliphatic rings. The predicted molar refractivity (Wildman–Crippen MR) is 71.4 cm³/mol. The Morgan fingerprint density at radius 2 is 1.71 bits per heavy atom. The van der Waals surface area contributed by atoms with E-state index in [-0.39, 0.29) is 5.54 Å². The normalized spacial score (nSPS) is 28.3. The van der Waals surface area contributed by atoms with Crippen LogP contribution in [0.1, 0.15) is 34.1 Å². The number of nitrogens with zero attached hydrogens (tertiary/aromatic N) is 1. The first-order valence-electron chi connectivity index (χ1n) is 6.30. The van der Waals surface area contributed by atoms with E-state index in [2.05, 4.69) is 37.3 Å². The van der Waals surface area contributed by atoms with Crippen LogP contribution in [0.2, 0.25) is 0 Å². The highest BCUT2D eigenvalue weighted by molar-refractivity contribution is 7.88. The number of piperidine rings is 1. The SMILES string of the molecule is CC1CC(C)CN(C(C)(C)CNS(C)(=O)=O)C1. The maximum Gasteiger partial charge on any atom is 0.208 e. The van der Waals surface area contributed by atoms with Crippen LogP contribution in [0, 0.1) is 11.8 Å². The lowest BCUT2D eigenvalue weighted by atomic mass is 9.88. The Morgan fingerprint density at radius 3 is 2.12 bits per heavy atom. The molecule has 102 valence electrons. The minimum Gasteiger partial charge on any atom is -0.296 e. The van der Waals surface area contributed by atoms with Crippen molar-refractivity contribution in [1.82, 2.24) is 9.62 Å². The molecule has 0 aromatic rings. The standard InChI is InChI=1S/C12H26N2O2S/c1-10-6-11(2)8-14(7-10)12(3,4)9-13-17(5,15)16/h10-11,13H,6-9H2,1-5H3. The molecule has 0 aromatic carbocycles. The quantitative estimate of drug-likeness (QED) is 0.830. The third-order valence-corrected chi connectivity index (χ3v) is 4.16. The molecule has 0 spiro atoms. The molecule has 0 radical (unpaired) electrons. The Balaban J connectivity index is 2.62. The molecule has 1 N–H and O–H groups in total. The van der Waals surface area contributed by atoms with E-state index in [1.54, 1.807) is 0 Å². The molecule has 0 aliphatic carbocycles. The van der Waals surface area contributed by atoms with Crippen LogP contribution in [0.25, 0.3) is 0 Å². The van der Waals surface area contributed by atoms with Gasteiger partial charge in [-0.3, -0.25) is 4.90 Å². The predicted octanol–water partition coefficient (Wildman–Crippen LogP) is 1.29. The molecule has 1 saturated heterocycles. The summed E-state index contributed by atoms with van der Waals surface area (Å²) in [6, 6.07) is 0. The van der Waals surface area contributed by atoms with Crippen LogP contribution >= 0.6 is 0 Å². The highest BCUT2D eigenvalue weighted by atomic mass is 32.2. The van der Waals surface area contributed by atoms with E-state index in [1.807, 2.05) is 0 Å². The molecule has 0 bridgehead atoms. The maximum atomic E-state index is 11.2. The molecule has 0 aromatic heterocycles. The van der Waals surface area contributed by atoms with Crippen LogP contribution in [0.5, 0.6) is 0 Å². The fourth-order valence-corrected chi connectivity index (χ4v) is 3.19. The number of likely N-dealkylation sites (tertiary alicyclic amines) is 1. The summed E-state index contributed by atoms with van der Waals surface area (Å²) >= 11 is 0. The van der Waals surface area contributed by atoms with Gasteiger partial charge in [0.15, 0.2) is 0 Å². The summed E-state index contributed by atoms with van der Waals surface area (Å²) in [6.07, 6.45) is 2.48. The van der Waals surface area contributed by atoms with Gasteiger partial charge in [-0.05, 0) is 32.1 Å². The van der Waals surface area contributed by atoms with E-state index >= 15 is 0 Å². The van der Waals surface area contributed by atoms with E-state index < -0.39 is 10.0 Å². The van der Waals surface area contributed by atoms with Crippen molar-refractivity contribution in [3.05, 3.63) is 0 Å². The third-order valence-electron chi connectivity index (χ3n) is 3.49. The molecule has 1 fully saturated rings. The van der Waals surface area contributed by atoms with Crippen LogP contribution in [-0.2, 0) is 10.0 Å². The Bertz CT molecular complexity index is 342. The highest BCUT2D eigenvalue weighted by Crippen LogP contribution is 2.26. The zero-order chi connectivity index (χ0) is 13.3. The second kappa shape index (κ2) is 5.24. The van der Waals surface area contributed by atoms with Crippen molar-refractivity contribution in [3.63, 3.8) is 0 Å². The van der Waals surface area contributed by atoms with Gasteiger partial charge in [0.05, 0.1) is 6.26 Å². The lowest BCUT2D eigenvalue weighted by Crippen LogP contribution is -2.56. The van der Waals surface area contributed by atoms with Gasteiger partial charge in [0.25, 0.3) is 0 Å². The Hall–Kier alpha value is -0.130. The van der Waals surface area contributed by atoms with Crippen molar-refractivity contribution in [1.29, 1.82) is 0 Å². The molecular weight excluding hydrogens is 236 g/mol. The molecule has 4 nitrogen and oxygen atoms in total. The molecule has 0 saturated carbocycles. The van der Waals surface area contributed by atoms with Crippen molar-refractivity contribution in [2.75, 3.05) is 25.9 Å². The first-order chi connectivity index (χ1) is 7.60. The molecule has 17 heavy (non-hydrogen) atoms. The maximum absolute atomic E-state index is 11.2. The molecule has 2 atom stereocenters. The van der Waals surface area contributed by atoms with E-state index in [1.165, 1.54) is 12.7 Å². The summed E-state index contributed by atoms with van der Waals surface area (Å²) in [5.41, 5.74) is -0.119. The largest absolute Gasteiger partial charge is 0.296 e. The van der Waals surface area contributed by atoms with Crippen molar-refractivity contribution < 1.29 is 8.42 Å². The first kappa shape index (κ1) is 14.9. The van der Waals surface area contributed by atoms with Gasteiger partial charge < -0.3 is 0 Å². The van der Waals surface area contributed by atoms with Crippen molar-refractivity contribution in [2.24, 2.45) is 11.8 Å². The number of nitrogens with one attached hydrogen (secondary N) is 1. The third kappa shape index (κ3) is 4.94. The van der Waals surface area contributed by atoms with Gasteiger partial charge in [-0.1, -0.05) is 13.8 Å². The van der Waals surface area contributed by atoms with Crippen molar-refractivity contribution >= 4 is 10.0 Å². The van der Waals surface area contributed by atoms with Gasteiger partial charge in [-0.25, -0.2) is 13.1 Å². The molecular formula is C12H26N2O2S. The van der Waals surface area contributed by atoms with Crippen LogP contribution in [0.3, 0.4) is 0 Å². The highest BCUT2D eigenvalue weighted by Gasteiger charge is 2.32. The molecule has 5 heteroatoms. The Labute approximate surface area is 106 Å². The van der Waals surface area contributed by atoms with Crippen LogP contribution in [0.4, 0.5) is 0 Å². The van der Waals surface area contributed by atoms with Crippen molar-refractivity contribution in [2.45, 2.75) is 39.7 Å². The van der Waals surface area contributed by atoms with E-state index in [9.17, 15) is 8.42 Å². The monoisotopic (exact) mass is 262 g/mol. The minimum atomic E-state index is -3.10. The Morgan fingerprint density at radius 1 is 1.24 bits per heavy atom. The average molecular weight is 262 g/mol. The van der Waals surface area contributed by atoms with Gasteiger partial charge in [-0.2, -0.15) is 0 Å². The topological polar surface area (TPSA) is 49.4 Å². The molecule has 0 amide bonds. The summed E-state index contributed by atoms with van der Waals surface area (Å²) in [4.78, 5) is 2.41. The van der Waals surface area contributed by atoms with Gasteiger partial charge >= 0.3 is 0 Å². The second-order valence-electron chi connectivity index (χ2n) is 6.26. The summed E-state index contributed by atoms with van der Waals surface area (Å²) < 4.78 is 24.9. The van der Waals surface area contributed by atoms with Gasteiger partial charge in [-0.15, -0.1) is 0 Å². The first-order valence-corrected chi connectivity index (χ1v) is 8.19. The van der Waals surface area contributed by atoms with E-state index in [4.69, 9.17) is 0 Å². The molecule has 1 aliphatic heterocycles. The van der Waals surface area contributed by atoms with Crippen molar-refractivity contribution in [3.8, 4) is 0 Å². The Kier molecular flexibility index (Phi) is 4.60. The fraction of sp³-hybridized carbons (Fsp3) is 1.00. The number of sulfonamides is 1. The lowest BCUT2D eigenvalue weighted by Gasteiger charge is -2.45. The fourth-order valence-electron chi connectivity index (χ4n) is 2.58. The van der Waals surface area contributed by atoms with Gasteiger partial charge in [0.1, 0.15) is 0 Å². The molecule has 2 unspecified atom stereocenters. The van der Waals surface area contributed by atoms with Crippen LogP contribution in [-0.4, -0.2) is 44.7 Å².